The fourth-order valence-electron chi connectivity index (χ4n) is 5.73. The molecule has 4 aliphatic rings. The van der Waals surface area contributed by atoms with Crippen molar-refractivity contribution in [3.05, 3.63) is 29.2 Å². The van der Waals surface area contributed by atoms with Crippen LogP contribution in [0.15, 0.2) is 22.8 Å². The van der Waals surface area contributed by atoms with E-state index < -0.39 is 0 Å². The van der Waals surface area contributed by atoms with E-state index in [1.165, 1.54) is 38.5 Å². The maximum absolute atomic E-state index is 12.2. The van der Waals surface area contributed by atoms with E-state index >= 15 is 0 Å². The van der Waals surface area contributed by atoms with E-state index in [0.717, 1.165) is 28.5 Å². The number of hydrogen-bond donors (Lipinski definition) is 1. The largest absolute Gasteiger partial charge is 0.469 e. The number of carbonyl (C=O) groups excluding carboxylic acids is 1. The van der Waals surface area contributed by atoms with Crippen molar-refractivity contribution in [1.82, 2.24) is 10.2 Å². The van der Waals surface area contributed by atoms with Crippen LogP contribution in [-0.2, 0) is 16.6 Å². The topological polar surface area (TPSA) is 68.0 Å². The second-order valence-corrected chi connectivity index (χ2v) is 9.22. The van der Waals surface area contributed by atoms with Crippen molar-refractivity contribution in [1.29, 1.82) is 0 Å². The minimum Gasteiger partial charge on any atom is -0.469 e. The lowest BCUT2D eigenvalue weighted by molar-refractivity contribution is -0.116. The van der Waals surface area contributed by atoms with Crippen LogP contribution in [0, 0.1) is 17.8 Å². The normalized spacial score (nSPS) is 32.9. The van der Waals surface area contributed by atoms with E-state index in [2.05, 4.69) is 15.5 Å². The number of nitrogens with zero attached hydrogens (tertiary/aromatic N) is 2. The fraction of sp³-hybridized carbons (Fsp3) is 0.632. The molecule has 0 radical (unpaired) electrons. The Labute approximate surface area is 151 Å². The number of anilines is 1. The van der Waals surface area contributed by atoms with E-state index in [9.17, 15) is 4.79 Å². The van der Waals surface area contributed by atoms with E-state index in [1.54, 1.807) is 17.6 Å². The number of hydrogen-bond acceptors (Lipinski definition) is 5. The molecular formula is C19H23N3O2S. The van der Waals surface area contributed by atoms with Crippen molar-refractivity contribution < 1.29 is 9.21 Å². The Morgan fingerprint density at radius 2 is 1.92 bits per heavy atom. The maximum atomic E-state index is 12.2. The summed E-state index contributed by atoms with van der Waals surface area (Å²) in [4.78, 5) is 12.2. The molecule has 4 bridgehead atoms. The number of aromatic nitrogens is 2. The van der Waals surface area contributed by atoms with Gasteiger partial charge in [-0.05, 0) is 68.4 Å². The third-order valence-corrected chi connectivity index (χ3v) is 7.43. The molecule has 25 heavy (non-hydrogen) atoms. The second-order valence-electron chi connectivity index (χ2n) is 8.24. The van der Waals surface area contributed by atoms with Gasteiger partial charge in [-0.1, -0.05) is 11.3 Å². The average Bonchev–Trinajstić information content (AvgIpc) is 3.23. The molecule has 2 aromatic heterocycles. The molecule has 0 spiro atoms. The molecule has 4 saturated carbocycles. The zero-order valence-electron chi connectivity index (χ0n) is 14.2. The van der Waals surface area contributed by atoms with Gasteiger partial charge in [0.2, 0.25) is 11.0 Å². The Morgan fingerprint density at radius 3 is 2.56 bits per heavy atom. The molecule has 1 N–H and O–H groups in total. The summed E-state index contributed by atoms with van der Waals surface area (Å²) in [6, 6.07) is 3.74. The predicted octanol–water partition coefficient (Wildman–Crippen LogP) is 4.17. The molecule has 0 aliphatic heterocycles. The highest BCUT2D eigenvalue weighted by Crippen LogP contribution is 2.61. The van der Waals surface area contributed by atoms with Gasteiger partial charge in [-0.15, -0.1) is 10.2 Å². The first-order valence-electron chi connectivity index (χ1n) is 9.35. The van der Waals surface area contributed by atoms with Crippen molar-refractivity contribution >= 4 is 22.4 Å². The third-order valence-electron chi connectivity index (χ3n) is 6.34. The van der Waals surface area contributed by atoms with Gasteiger partial charge in [0.05, 0.1) is 6.26 Å². The lowest BCUT2D eigenvalue weighted by Gasteiger charge is -2.55. The van der Waals surface area contributed by atoms with Crippen LogP contribution in [0.4, 0.5) is 5.13 Å². The van der Waals surface area contributed by atoms with Gasteiger partial charge in [0.15, 0.2) is 0 Å². The van der Waals surface area contributed by atoms with Crippen molar-refractivity contribution in [2.75, 3.05) is 5.32 Å². The number of rotatable bonds is 5. The van der Waals surface area contributed by atoms with E-state index in [4.69, 9.17) is 4.42 Å². The molecule has 6 rings (SSSR count). The third kappa shape index (κ3) is 2.90. The van der Waals surface area contributed by atoms with Crippen molar-refractivity contribution in [3.63, 3.8) is 0 Å². The van der Waals surface area contributed by atoms with E-state index in [0.29, 0.717) is 18.0 Å². The van der Waals surface area contributed by atoms with E-state index in [-0.39, 0.29) is 11.3 Å². The van der Waals surface area contributed by atoms with Crippen molar-refractivity contribution in [2.45, 2.75) is 56.8 Å². The van der Waals surface area contributed by atoms with Gasteiger partial charge in [0.1, 0.15) is 10.8 Å². The zero-order chi connectivity index (χ0) is 16.9. The standard InChI is InChI=1S/C19H23N3O2S/c23-16(4-3-15-2-1-5-24-15)20-18-22-21-17(25-18)19-9-12-6-13(10-19)8-14(7-12)11-19/h1-2,5,12-14H,3-4,6-11H2,(H,20,22,23). The number of amides is 1. The predicted molar refractivity (Wildman–Crippen MR) is 95.4 cm³/mol. The molecule has 0 atom stereocenters. The van der Waals surface area contributed by atoms with Gasteiger partial charge in [0, 0.05) is 18.3 Å². The Morgan fingerprint density at radius 1 is 1.20 bits per heavy atom. The van der Waals surface area contributed by atoms with Crippen molar-refractivity contribution in [2.24, 2.45) is 17.8 Å². The summed E-state index contributed by atoms with van der Waals surface area (Å²) >= 11 is 1.60. The van der Waals surface area contributed by atoms with Crippen LogP contribution in [0.5, 0.6) is 0 Å². The summed E-state index contributed by atoms with van der Waals surface area (Å²) in [6.07, 6.45) is 10.8. The summed E-state index contributed by atoms with van der Waals surface area (Å²) in [5.74, 6) is 3.48. The molecule has 5 nitrogen and oxygen atoms in total. The highest BCUT2D eigenvalue weighted by molar-refractivity contribution is 7.15. The average molecular weight is 357 g/mol. The summed E-state index contributed by atoms with van der Waals surface area (Å²) in [5.41, 5.74) is 0.254. The molecular weight excluding hydrogens is 334 g/mol. The summed E-state index contributed by atoms with van der Waals surface area (Å²) in [5, 5.41) is 13.5. The summed E-state index contributed by atoms with van der Waals surface area (Å²) < 4.78 is 5.27. The van der Waals surface area contributed by atoms with Crippen LogP contribution in [-0.4, -0.2) is 16.1 Å². The number of furan rings is 1. The number of nitrogens with one attached hydrogen (secondary N) is 1. The first-order chi connectivity index (χ1) is 12.2. The molecule has 0 saturated heterocycles. The molecule has 0 unspecified atom stereocenters. The van der Waals surface area contributed by atoms with Crippen LogP contribution in [0.2, 0.25) is 0 Å². The number of carbonyl (C=O) groups is 1. The lowest BCUT2D eigenvalue weighted by atomic mass is 9.50. The quantitative estimate of drug-likeness (QED) is 0.872. The van der Waals surface area contributed by atoms with E-state index in [1.807, 2.05) is 12.1 Å². The lowest BCUT2D eigenvalue weighted by Crippen LogP contribution is -2.48. The molecule has 0 aromatic carbocycles. The molecule has 1 amide bonds. The van der Waals surface area contributed by atoms with Gasteiger partial charge >= 0.3 is 0 Å². The second kappa shape index (κ2) is 5.94. The zero-order valence-corrected chi connectivity index (χ0v) is 15.1. The molecule has 4 fully saturated rings. The fourth-order valence-corrected chi connectivity index (χ4v) is 6.71. The van der Waals surface area contributed by atoms with Crippen LogP contribution in [0.3, 0.4) is 0 Å². The van der Waals surface area contributed by atoms with Crippen LogP contribution >= 0.6 is 11.3 Å². The molecule has 2 aromatic rings. The molecule has 132 valence electrons. The molecule has 2 heterocycles. The minimum atomic E-state index is -0.0235. The minimum absolute atomic E-state index is 0.0235. The van der Waals surface area contributed by atoms with Gasteiger partial charge in [-0.3, -0.25) is 4.79 Å². The Kier molecular flexibility index (Phi) is 3.69. The monoisotopic (exact) mass is 357 g/mol. The molecule has 4 aliphatic carbocycles. The van der Waals surface area contributed by atoms with Gasteiger partial charge in [-0.2, -0.15) is 0 Å². The van der Waals surface area contributed by atoms with Gasteiger partial charge < -0.3 is 9.73 Å². The Bertz CT molecular complexity index is 732. The molecule has 6 heteroatoms. The smallest absolute Gasteiger partial charge is 0.226 e. The van der Waals surface area contributed by atoms with Gasteiger partial charge in [0.25, 0.3) is 0 Å². The SMILES string of the molecule is O=C(CCc1ccco1)Nc1nnc(C23CC4CC(CC(C4)C2)C3)s1. The van der Waals surface area contributed by atoms with Crippen LogP contribution < -0.4 is 5.32 Å². The first kappa shape index (κ1) is 15.6. The van der Waals surface area contributed by atoms with Gasteiger partial charge in [-0.25, -0.2) is 0 Å². The number of aryl methyl sites for hydroxylation is 1. The van der Waals surface area contributed by atoms with Crippen molar-refractivity contribution in [3.8, 4) is 0 Å². The first-order valence-corrected chi connectivity index (χ1v) is 10.2. The maximum Gasteiger partial charge on any atom is 0.226 e. The highest BCUT2D eigenvalue weighted by atomic mass is 32.1. The summed E-state index contributed by atoms with van der Waals surface area (Å²) in [7, 11) is 0. The highest BCUT2D eigenvalue weighted by Gasteiger charge is 2.53. The van der Waals surface area contributed by atoms with Crippen LogP contribution in [0.1, 0.15) is 55.7 Å². The summed E-state index contributed by atoms with van der Waals surface area (Å²) in [6.45, 7) is 0. The van der Waals surface area contributed by atoms with Crippen LogP contribution in [0.25, 0.3) is 0 Å². The Balaban J connectivity index is 1.25. The Hall–Kier alpha value is -1.69.